The number of para-hydroxylation sites is 2. The molecular formula is C13H9F2NO2. The van der Waals surface area contributed by atoms with Gasteiger partial charge in [-0.05, 0) is 24.3 Å². The second-order valence-corrected chi connectivity index (χ2v) is 3.57. The van der Waals surface area contributed by atoms with Crippen molar-refractivity contribution in [2.45, 2.75) is 0 Å². The Kier molecular flexibility index (Phi) is 3.23. The molecule has 1 amide bonds. The summed E-state index contributed by atoms with van der Waals surface area (Å²) in [6.07, 6.45) is 0. The molecule has 0 aliphatic carbocycles. The van der Waals surface area contributed by atoms with Gasteiger partial charge in [-0.1, -0.05) is 18.2 Å². The molecule has 0 saturated heterocycles. The highest BCUT2D eigenvalue weighted by Gasteiger charge is 2.15. The van der Waals surface area contributed by atoms with Gasteiger partial charge in [0.15, 0.2) is 0 Å². The van der Waals surface area contributed by atoms with Crippen LogP contribution in [0.25, 0.3) is 0 Å². The Morgan fingerprint density at radius 3 is 2.22 bits per heavy atom. The number of carbonyl (C=O) groups excluding carboxylic acids is 1. The molecule has 0 aliphatic rings. The Morgan fingerprint density at radius 1 is 1.00 bits per heavy atom. The topological polar surface area (TPSA) is 49.3 Å². The monoisotopic (exact) mass is 249 g/mol. The average Bonchev–Trinajstić information content (AvgIpc) is 2.34. The van der Waals surface area contributed by atoms with Gasteiger partial charge in [0, 0.05) is 0 Å². The predicted molar refractivity (Wildman–Crippen MR) is 62.4 cm³/mol. The summed E-state index contributed by atoms with van der Waals surface area (Å²) in [4.78, 5) is 11.7. The van der Waals surface area contributed by atoms with Crippen molar-refractivity contribution < 1.29 is 18.7 Å². The van der Waals surface area contributed by atoms with Crippen LogP contribution in [-0.4, -0.2) is 11.0 Å². The minimum atomic E-state index is -0.876. The van der Waals surface area contributed by atoms with Crippen LogP contribution in [0.15, 0.2) is 42.5 Å². The third-order valence-electron chi connectivity index (χ3n) is 2.35. The molecule has 5 heteroatoms. The highest BCUT2D eigenvalue weighted by molar-refractivity contribution is 6.06. The van der Waals surface area contributed by atoms with Crippen LogP contribution in [0.2, 0.25) is 0 Å². The van der Waals surface area contributed by atoms with Crippen LogP contribution in [0.4, 0.5) is 14.5 Å². The largest absolute Gasteiger partial charge is 0.507 e. The van der Waals surface area contributed by atoms with E-state index in [2.05, 4.69) is 5.32 Å². The van der Waals surface area contributed by atoms with Crippen molar-refractivity contribution in [2.75, 3.05) is 5.32 Å². The van der Waals surface area contributed by atoms with E-state index in [1.165, 1.54) is 30.3 Å². The summed E-state index contributed by atoms with van der Waals surface area (Å²) in [5.74, 6) is -2.79. The van der Waals surface area contributed by atoms with Crippen molar-refractivity contribution in [2.24, 2.45) is 0 Å². The summed E-state index contributed by atoms with van der Waals surface area (Å²) in [5.41, 5.74) is -0.592. The molecule has 0 aliphatic heterocycles. The molecule has 2 aromatic rings. The standard InChI is InChI=1S/C13H9F2NO2/c14-9-5-3-6-10(15)12(9)16-13(18)8-4-1-2-7-11(8)17/h1-7,17H,(H,16,18). The molecule has 0 saturated carbocycles. The van der Waals surface area contributed by atoms with E-state index in [9.17, 15) is 18.7 Å². The number of amides is 1. The van der Waals surface area contributed by atoms with Crippen molar-refractivity contribution >= 4 is 11.6 Å². The first kappa shape index (κ1) is 12.0. The lowest BCUT2D eigenvalue weighted by atomic mass is 10.2. The van der Waals surface area contributed by atoms with Crippen LogP contribution < -0.4 is 5.32 Å². The molecule has 0 heterocycles. The maximum Gasteiger partial charge on any atom is 0.259 e. The highest BCUT2D eigenvalue weighted by Crippen LogP contribution is 2.21. The van der Waals surface area contributed by atoms with E-state index in [0.29, 0.717) is 0 Å². The van der Waals surface area contributed by atoms with E-state index >= 15 is 0 Å². The van der Waals surface area contributed by atoms with E-state index in [4.69, 9.17) is 0 Å². The third-order valence-corrected chi connectivity index (χ3v) is 2.35. The fourth-order valence-electron chi connectivity index (χ4n) is 1.46. The summed E-state index contributed by atoms with van der Waals surface area (Å²) in [5, 5.41) is 11.5. The number of phenols is 1. The second kappa shape index (κ2) is 4.83. The average molecular weight is 249 g/mol. The van der Waals surface area contributed by atoms with Crippen molar-refractivity contribution in [1.82, 2.24) is 0 Å². The van der Waals surface area contributed by atoms with Gasteiger partial charge in [-0.15, -0.1) is 0 Å². The summed E-state index contributed by atoms with van der Waals surface area (Å²) in [7, 11) is 0. The fraction of sp³-hybridized carbons (Fsp3) is 0. The first-order valence-electron chi connectivity index (χ1n) is 5.13. The number of carbonyl (C=O) groups is 1. The molecule has 0 spiro atoms. The third kappa shape index (κ3) is 2.29. The van der Waals surface area contributed by atoms with Crippen molar-refractivity contribution in [1.29, 1.82) is 0 Å². The molecule has 2 rings (SSSR count). The molecule has 18 heavy (non-hydrogen) atoms. The van der Waals surface area contributed by atoms with Gasteiger partial charge in [-0.25, -0.2) is 8.78 Å². The molecule has 0 atom stereocenters. The number of hydrogen-bond acceptors (Lipinski definition) is 2. The van der Waals surface area contributed by atoms with Gasteiger partial charge < -0.3 is 10.4 Å². The van der Waals surface area contributed by atoms with Crippen LogP contribution in [0.5, 0.6) is 5.75 Å². The Balaban J connectivity index is 2.30. The number of phenolic OH excluding ortho intramolecular Hbond substituents is 1. The molecule has 2 aromatic carbocycles. The number of nitrogens with one attached hydrogen (secondary N) is 1. The van der Waals surface area contributed by atoms with Gasteiger partial charge >= 0.3 is 0 Å². The zero-order valence-corrected chi connectivity index (χ0v) is 9.15. The van der Waals surface area contributed by atoms with Gasteiger partial charge in [0.1, 0.15) is 23.1 Å². The van der Waals surface area contributed by atoms with Crippen LogP contribution in [0.3, 0.4) is 0 Å². The number of rotatable bonds is 2. The maximum atomic E-state index is 13.3. The van der Waals surface area contributed by atoms with Gasteiger partial charge in [0.25, 0.3) is 5.91 Å². The number of aromatic hydroxyl groups is 1. The van der Waals surface area contributed by atoms with Crippen molar-refractivity contribution in [3.8, 4) is 5.75 Å². The molecule has 0 unspecified atom stereocenters. The second-order valence-electron chi connectivity index (χ2n) is 3.57. The van der Waals surface area contributed by atoms with Crippen LogP contribution in [-0.2, 0) is 0 Å². The molecular weight excluding hydrogens is 240 g/mol. The van der Waals surface area contributed by atoms with Gasteiger partial charge in [0.2, 0.25) is 0 Å². The van der Waals surface area contributed by atoms with E-state index in [1.54, 1.807) is 0 Å². The normalized spacial score (nSPS) is 10.1. The Labute approximate surface area is 102 Å². The van der Waals surface area contributed by atoms with Gasteiger partial charge in [-0.3, -0.25) is 4.79 Å². The van der Waals surface area contributed by atoms with Crippen LogP contribution in [0.1, 0.15) is 10.4 Å². The number of halogens is 2. The number of anilines is 1. The Hall–Kier alpha value is -2.43. The summed E-state index contributed by atoms with van der Waals surface area (Å²) >= 11 is 0. The van der Waals surface area contributed by atoms with E-state index in [1.807, 2.05) is 0 Å². The van der Waals surface area contributed by atoms with E-state index in [0.717, 1.165) is 12.1 Å². The minimum absolute atomic E-state index is 0.0554. The Morgan fingerprint density at radius 2 is 1.61 bits per heavy atom. The molecule has 92 valence electrons. The zero-order valence-electron chi connectivity index (χ0n) is 9.15. The van der Waals surface area contributed by atoms with Gasteiger partial charge in [-0.2, -0.15) is 0 Å². The lowest BCUT2D eigenvalue weighted by Gasteiger charge is -2.08. The predicted octanol–water partition coefficient (Wildman–Crippen LogP) is 2.92. The fourth-order valence-corrected chi connectivity index (χ4v) is 1.46. The smallest absolute Gasteiger partial charge is 0.259 e. The summed E-state index contributed by atoms with van der Waals surface area (Å²) in [6, 6.07) is 8.99. The summed E-state index contributed by atoms with van der Waals surface area (Å²) in [6.45, 7) is 0. The SMILES string of the molecule is O=C(Nc1c(F)cccc1F)c1ccccc1O. The first-order chi connectivity index (χ1) is 8.59. The molecule has 0 bridgehead atoms. The van der Waals surface area contributed by atoms with Crippen LogP contribution in [0, 0.1) is 11.6 Å². The van der Waals surface area contributed by atoms with E-state index < -0.39 is 23.2 Å². The molecule has 0 fully saturated rings. The zero-order chi connectivity index (χ0) is 13.1. The van der Waals surface area contributed by atoms with Gasteiger partial charge in [0.05, 0.1) is 5.56 Å². The minimum Gasteiger partial charge on any atom is -0.507 e. The number of hydrogen-bond donors (Lipinski definition) is 2. The quantitative estimate of drug-likeness (QED) is 0.859. The molecule has 0 aromatic heterocycles. The Bertz CT molecular complexity index is 579. The molecule has 0 radical (unpaired) electrons. The van der Waals surface area contributed by atoms with E-state index in [-0.39, 0.29) is 11.3 Å². The van der Waals surface area contributed by atoms with Crippen molar-refractivity contribution in [3.63, 3.8) is 0 Å². The maximum absolute atomic E-state index is 13.3. The lowest BCUT2D eigenvalue weighted by Crippen LogP contribution is -2.14. The van der Waals surface area contributed by atoms with Crippen molar-refractivity contribution in [3.05, 3.63) is 59.7 Å². The molecule has 3 nitrogen and oxygen atoms in total. The highest BCUT2D eigenvalue weighted by atomic mass is 19.1. The van der Waals surface area contributed by atoms with Crippen LogP contribution >= 0.6 is 0 Å². The summed E-state index contributed by atoms with van der Waals surface area (Å²) < 4.78 is 26.6. The number of benzene rings is 2. The first-order valence-corrected chi connectivity index (χ1v) is 5.13. The molecule has 2 N–H and O–H groups in total. The lowest BCUT2D eigenvalue weighted by molar-refractivity contribution is 0.102.